The molecular formula is C22H20FN3O3. The number of ether oxygens (including phenoxy) is 2. The van der Waals surface area contributed by atoms with Gasteiger partial charge in [-0.1, -0.05) is 18.2 Å². The van der Waals surface area contributed by atoms with E-state index < -0.39 is 0 Å². The van der Waals surface area contributed by atoms with Gasteiger partial charge in [-0.15, -0.1) is 0 Å². The van der Waals surface area contributed by atoms with Crippen LogP contribution in [0.5, 0.6) is 11.5 Å². The molecule has 7 heteroatoms. The fourth-order valence-electron chi connectivity index (χ4n) is 3.99. The van der Waals surface area contributed by atoms with Crippen LogP contribution in [0.1, 0.15) is 34.1 Å². The molecule has 2 aromatic carbocycles. The summed E-state index contributed by atoms with van der Waals surface area (Å²) in [6.07, 6.45) is 0.873. The number of para-hydroxylation sites is 1. The van der Waals surface area contributed by atoms with Crippen LogP contribution < -0.4 is 9.47 Å². The van der Waals surface area contributed by atoms with Gasteiger partial charge in [0.2, 0.25) is 6.79 Å². The second kappa shape index (κ2) is 6.92. The summed E-state index contributed by atoms with van der Waals surface area (Å²) in [7, 11) is 0. The lowest BCUT2D eigenvalue weighted by atomic mass is 9.98. The summed E-state index contributed by atoms with van der Waals surface area (Å²) in [5, 5.41) is 4.38. The maximum atomic E-state index is 14.1. The van der Waals surface area contributed by atoms with E-state index in [2.05, 4.69) is 5.10 Å². The van der Waals surface area contributed by atoms with E-state index >= 15 is 0 Å². The predicted molar refractivity (Wildman–Crippen MR) is 104 cm³/mol. The topological polar surface area (TPSA) is 56.6 Å². The Bertz CT molecular complexity index is 1090. The van der Waals surface area contributed by atoms with Crippen LogP contribution in [-0.2, 0) is 0 Å². The van der Waals surface area contributed by atoms with E-state index in [9.17, 15) is 9.18 Å². The van der Waals surface area contributed by atoms with E-state index in [1.54, 1.807) is 24.3 Å². The molecule has 0 N–H and O–H groups in total. The Kier molecular flexibility index (Phi) is 4.23. The zero-order chi connectivity index (χ0) is 20.0. The van der Waals surface area contributed by atoms with Crippen LogP contribution in [0.2, 0.25) is 0 Å². The number of carbonyl (C=O) groups excluding carboxylic acids is 1. The smallest absolute Gasteiger partial charge is 0.274 e. The van der Waals surface area contributed by atoms with E-state index in [4.69, 9.17) is 9.47 Å². The molecule has 3 aromatic rings. The highest BCUT2D eigenvalue weighted by Gasteiger charge is 2.30. The molecule has 0 saturated carbocycles. The van der Waals surface area contributed by atoms with Gasteiger partial charge in [0.05, 0.1) is 0 Å². The zero-order valence-electron chi connectivity index (χ0n) is 16.0. The van der Waals surface area contributed by atoms with E-state index in [-0.39, 0.29) is 24.4 Å². The van der Waals surface area contributed by atoms with Gasteiger partial charge < -0.3 is 14.4 Å². The number of nitrogens with zero attached hydrogens (tertiary/aromatic N) is 3. The normalized spacial score (nSPS) is 17.7. The third-order valence-electron chi connectivity index (χ3n) is 5.53. The minimum absolute atomic E-state index is 0.133. The molecule has 2 aliphatic heterocycles. The Labute approximate surface area is 167 Å². The Hall–Kier alpha value is -3.35. The van der Waals surface area contributed by atoms with Crippen LogP contribution in [0.4, 0.5) is 4.39 Å². The number of fused-ring (bicyclic) bond motifs is 1. The molecule has 1 atom stereocenters. The highest BCUT2D eigenvalue weighted by molar-refractivity contribution is 5.92. The maximum absolute atomic E-state index is 14.1. The largest absolute Gasteiger partial charge is 0.454 e. The van der Waals surface area contributed by atoms with Gasteiger partial charge in [0.25, 0.3) is 5.91 Å². The van der Waals surface area contributed by atoms with Crippen molar-refractivity contribution in [3.05, 3.63) is 71.3 Å². The molecule has 0 bridgehead atoms. The molecule has 2 aliphatic rings. The van der Waals surface area contributed by atoms with Gasteiger partial charge in [-0.2, -0.15) is 5.10 Å². The van der Waals surface area contributed by atoms with E-state index in [1.807, 2.05) is 30.0 Å². The lowest BCUT2D eigenvalue weighted by molar-refractivity contribution is 0.0784. The van der Waals surface area contributed by atoms with Crippen molar-refractivity contribution in [2.45, 2.75) is 19.3 Å². The molecule has 29 heavy (non-hydrogen) atoms. The van der Waals surface area contributed by atoms with Crippen molar-refractivity contribution >= 4 is 5.91 Å². The summed E-state index contributed by atoms with van der Waals surface area (Å²) in [5.74, 6) is 1.25. The lowest BCUT2D eigenvalue weighted by Crippen LogP contribution is -2.29. The third kappa shape index (κ3) is 3.12. The number of carbonyl (C=O) groups is 1. The molecule has 0 aliphatic carbocycles. The molecular weight excluding hydrogens is 373 g/mol. The van der Waals surface area contributed by atoms with Crippen molar-refractivity contribution in [3.8, 4) is 17.2 Å². The van der Waals surface area contributed by atoms with Crippen LogP contribution in [0.3, 0.4) is 0 Å². The first-order valence-electron chi connectivity index (χ1n) is 9.60. The second-order valence-corrected chi connectivity index (χ2v) is 7.38. The zero-order valence-corrected chi connectivity index (χ0v) is 16.0. The number of benzene rings is 2. The molecule has 6 nitrogen and oxygen atoms in total. The van der Waals surface area contributed by atoms with Crippen LogP contribution in [0, 0.1) is 12.7 Å². The standard InChI is InChI=1S/C22H20FN3O3/c1-14-10-18(24-26(14)19-5-3-2-4-17(19)23)22(27)25-9-8-16(12-25)15-6-7-20-21(11-15)29-13-28-20/h2-7,10-11,16H,8-9,12-13H2,1H3. The molecule has 5 rings (SSSR count). The molecule has 148 valence electrons. The van der Waals surface area contributed by atoms with Crippen molar-refractivity contribution in [3.63, 3.8) is 0 Å². The second-order valence-electron chi connectivity index (χ2n) is 7.38. The third-order valence-corrected chi connectivity index (χ3v) is 5.53. The molecule has 0 radical (unpaired) electrons. The molecule has 1 fully saturated rings. The van der Waals surface area contributed by atoms with Crippen LogP contribution in [0.25, 0.3) is 5.69 Å². The monoisotopic (exact) mass is 393 g/mol. The first-order valence-corrected chi connectivity index (χ1v) is 9.60. The van der Waals surface area contributed by atoms with Gasteiger partial charge in [0, 0.05) is 24.7 Å². The number of rotatable bonds is 3. The Morgan fingerprint density at radius 2 is 1.97 bits per heavy atom. The average molecular weight is 393 g/mol. The number of aromatic nitrogens is 2. The first kappa shape index (κ1) is 17.7. The van der Waals surface area contributed by atoms with E-state index in [0.717, 1.165) is 23.5 Å². The average Bonchev–Trinajstić information content (AvgIpc) is 3.47. The van der Waals surface area contributed by atoms with Crippen molar-refractivity contribution in [1.29, 1.82) is 0 Å². The van der Waals surface area contributed by atoms with E-state index in [0.29, 0.717) is 30.2 Å². The summed E-state index contributed by atoms with van der Waals surface area (Å²) < 4.78 is 26.4. The summed E-state index contributed by atoms with van der Waals surface area (Å²) in [4.78, 5) is 14.8. The van der Waals surface area contributed by atoms with Gasteiger partial charge in [0.1, 0.15) is 11.5 Å². The highest BCUT2D eigenvalue weighted by Crippen LogP contribution is 2.37. The minimum Gasteiger partial charge on any atom is -0.454 e. The summed E-state index contributed by atoms with van der Waals surface area (Å²) in [6.45, 7) is 3.33. The summed E-state index contributed by atoms with van der Waals surface area (Å²) >= 11 is 0. The quantitative estimate of drug-likeness (QED) is 0.681. The van der Waals surface area contributed by atoms with Gasteiger partial charge in [-0.05, 0) is 49.2 Å². The minimum atomic E-state index is -0.373. The van der Waals surface area contributed by atoms with Gasteiger partial charge in [-0.25, -0.2) is 9.07 Å². The number of halogens is 1. The van der Waals surface area contributed by atoms with Crippen molar-refractivity contribution in [1.82, 2.24) is 14.7 Å². The lowest BCUT2D eigenvalue weighted by Gasteiger charge is -2.15. The summed E-state index contributed by atoms with van der Waals surface area (Å²) in [5.41, 5.74) is 2.52. The Morgan fingerprint density at radius 1 is 1.14 bits per heavy atom. The fraction of sp³-hybridized carbons (Fsp3) is 0.273. The number of aryl methyl sites for hydroxylation is 1. The molecule has 1 amide bonds. The van der Waals surface area contributed by atoms with Crippen LogP contribution in [0.15, 0.2) is 48.5 Å². The van der Waals surface area contributed by atoms with Gasteiger partial charge in [0.15, 0.2) is 17.2 Å². The molecule has 1 unspecified atom stereocenters. The number of hydrogen-bond acceptors (Lipinski definition) is 4. The van der Waals surface area contributed by atoms with Gasteiger partial charge in [-0.3, -0.25) is 4.79 Å². The van der Waals surface area contributed by atoms with Crippen molar-refractivity contribution in [2.75, 3.05) is 19.9 Å². The van der Waals surface area contributed by atoms with Crippen molar-refractivity contribution < 1.29 is 18.7 Å². The fourth-order valence-corrected chi connectivity index (χ4v) is 3.99. The SMILES string of the molecule is Cc1cc(C(=O)N2CCC(c3ccc4c(c3)OCO4)C2)nn1-c1ccccc1F. The molecule has 0 spiro atoms. The Balaban J connectivity index is 1.34. The van der Waals surface area contributed by atoms with E-state index in [1.165, 1.54) is 10.7 Å². The number of amides is 1. The molecule has 3 heterocycles. The Morgan fingerprint density at radius 3 is 2.83 bits per heavy atom. The number of hydrogen-bond donors (Lipinski definition) is 0. The summed E-state index contributed by atoms with van der Waals surface area (Å²) in [6, 6.07) is 14.1. The molecule has 1 aromatic heterocycles. The van der Waals surface area contributed by atoms with Gasteiger partial charge >= 0.3 is 0 Å². The maximum Gasteiger partial charge on any atom is 0.274 e. The number of likely N-dealkylation sites (tertiary alicyclic amines) is 1. The van der Waals surface area contributed by atoms with Crippen LogP contribution in [-0.4, -0.2) is 40.5 Å². The highest BCUT2D eigenvalue weighted by atomic mass is 19.1. The first-order chi connectivity index (χ1) is 14.1. The predicted octanol–water partition coefficient (Wildman–Crippen LogP) is 3.68. The van der Waals surface area contributed by atoms with Crippen molar-refractivity contribution in [2.24, 2.45) is 0 Å². The van der Waals surface area contributed by atoms with Crippen LogP contribution >= 0.6 is 0 Å². The molecule has 1 saturated heterocycles.